The number of hydrogen-bond donors (Lipinski definition) is 0. The highest BCUT2D eigenvalue weighted by atomic mass is 16.1. The number of carbonyl (C=O) groups is 1. The van der Waals surface area contributed by atoms with Crippen molar-refractivity contribution in [3.63, 3.8) is 0 Å². The lowest BCUT2D eigenvalue weighted by Gasteiger charge is -1.90. The van der Waals surface area contributed by atoms with E-state index in [0.29, 0.717) is 6.42 Å². The summed E-state index contributed by atoms with van der Waals surface area (Å²) in [5.74, 6) is 0. The summed E-state index contributed by atoms with van der Waals surface area (Å²) in [6.07, 6.45) is 1.51. The van der Waals surface area contributed by atoms with E-state index in [9.17, 15) is 4.79 Å². The average molecular weight is 117 g/mol. The molecular formula is C6H15NO. The zero-order valence-electron chi connectivity index (χ0n) is 6.14. The molecule has 0 saturated heterocycles. The predicted octanol–water partition coefficient (Wildman–Crippen LogP) is 0.773. The van der Waals surface area contributed by atoms with Gasteiger partial charge in [-0.05, 0) is 21.1 Å². The van der Waals surface area contributed by atoms with Crippen LogP contribution in [0.2, 0.25) is 0 Å². The Kier molecular flexibility index (Phi) is 13.0. The molecule has 8 heavy (non-hydrogen) atoms. The quantitative estimate of drug-likeness (QED) is 0.473. The molecule has 0 heterocycles. The summed E-state index contributed by atoms with van der Waals surface area (Å²) in [5, 5.41) is 0. The van der Waals surface area contributed by atoms with Crippen LogP contribution in [0.5, 0.6) is 0 Å². The SMILES string of the molecule is CCC=O.CN(C)C. The smallest absolute Gasteiger partial charge is 0.119 e. The van der Waals surface area contributed by atoms with Crippen LogP contribution in [0.4, 0.5) is 0 Å². The van der Waals surface area contributed by atoms with Gasteiger partial charge in [-0.25, -0.2) is 0 Å². The van der Waals surface area contributed by atoms with Crippen molar-refractivity contribution in [1.82, 2.24) is 4.90 Å². The van der Waals surface area contributed by atoms with Crippen molar-refractivity contribution in [1.29, 1.82) is 0 Å². The predicted molar refractivity (Wildman–Crippen MR) is 36.0 cm³/mol. The summed E-state index contributed by atoms with van der Waals surface area (Å²) in [7, 11) is 6.00. The fourth-order valence-corrected chi connectivity index (χ4v) is 0. The molecule has 2 heteroatoms. The fraction of sp³-hybridized carbons (Fsp3) is 0.833. The molecule has 0 aliphatic rings. The molecule has 0 atom stereocenters. The molecule has 0 spiro atoms. The summed E-state index contributed by atoms with van der Waals surface area (Å²) < 4.78 is 0. The molecule has 0 aliphatic carbocycles. The van der Waals surface area contributed by atoms with E-state index in [4.69, 9.17) is 0 Å². The Balaban J connectivity index is 0. The maximum Gasteiger partial charge on any atom is 0.119 e. The van der Waals surface area contributed by atoms with E-state index in [2.05, 4.69) is 0 Å². The van der Waals surface area contributed by atoms with E-state index in [0.717, 1.165) is 6.29 Å². The number of nitrogens with zero attached hydrogens (tertiary/aromatic N) is 1. The molecule has 0 amide bonds. The third kappa shape index (κ3) is 304. The normalized spacial score (nSPS) is 7.62. The lowest BCUT2D eigenvalue weighted by atomic mass is 10.6. The minimum atomic E-state index is 0.639. The van der Waals surface area contributed by atoms with E-state index in [1.807, 2.05) is 33.0 Å². The second-order valence-electron chi connectivity index (χ2n) is 1.92. The van der Waals surface area contributed by atoms with E-state index in [-0.39, 0.29) is 0 Å². The van der Waals surface area contributed by atoms with Crippen molar-refractivity contribution in [3.05, 3.63) is 0 Å². The highest BCUT2D eigenvalue weighted by Gasteiger charge is 1.58. The molecule has 50 valence electrons. The van der Waals surface area contributed by atoms with Gasteiger partial charge in [0.2, 0.25) is 0 Å². The Labute approximate surface area is 51.5 Å². The van der Waals surface area contributed by atoms with Gasteiger partial charge in [-0.2, -0.15) is 0 Å². The zero-order valence-corrected chi connectivity index (χ0v) is 6.14. The van der Waals surface area contributed by atoms with Gasteiger partial charge in [-0.1, -0.05) is 6.92 Å². The van der Waals surface area contributed by atoms with Crippen LogP contribution in [0, 0.1) is 0 Å². The topological polar surface area (TPSA) is 20.3 Å². The molecule has 0 aromatic heterocycles. The summed E-state index contributed by atoms with van der Waals surface area (Å²) in [6, 6.07) is 0. The molecular weight excluding hydrogens is 102 g/mol. The molecule has 0 unspecified atom stereocenters. The molecule has 0 saturated carbocycles. The first-order chi connectivity index (χ1) is 3.65. The molecule has 0 rings (SSSR count). The van der Waals surface area contributed by atoms with Crippen LogP contribution in [0.1, 0.15) is 13.3 Å². The molecule has 0 aromatic carbocycles. The first kappa shape index (κ1) is 10.6. The van der Waals surface area contributed by atoms with Crippen molar-refractivity contribution in [2.24, 2.45) is 0 Å². The Bertz CT molecular complexity index is 41.0. The molecule has 0 aromatic rings. The number of aldehydes is 1. The van der Waals surface area contributed by atoms with E-state index in [1.165, 1.54) is 0 Å². The Morgan fingerprint density at radius 3 is 1.50 bits per heavy atom. The van der Waals surface area contributed by atoms with Crippen LogP contribution in [-0.2, 0) is 4.79 Å². The second kappa shape index (κ2) is 9.80. The maximum atomic E-state index is 9.17. The summed E-state index contributed by atoms with van der Waals surface area (Å²) in [4.78, 5) is 11.2. The van der Waals surface area contributed by atoms with Gasteiger partial charge < -0.3 is 9.69 Å². The molecule has 2 nitrogen and oxygen atoms in total. The van der Waals surface area contributed by atoms with Crippen LogP contribution in [0.15, 0.2) is 0 Å². The monoisotopic (exact) mass is 117 g/mol. The maximum absolute atomic E-state index is 9.17. The first-order valence-corrected chi connectivity index (χ1v) is 2.69. The van der Waals surface area contributed by atoms with Gasteiger partial charge in [0.05, 0.1) is 0 Å². The first-order valence-electron chi connectivity index (χ1n) is 2.69. The molecule has 0 radical (unpaired) electrons. The van der Waals surface area contributed by atoms with Crippen LogP contribution >= 0.6 is 0 Å². The number of carbonyl (C=O) groups excluding carboxylic acids is 1. The van der Waals surface area contributed by atoms with Crippen molar-refractivity contribution in [2.75, 3.05) is 21.1 Å². The van der Waals surface area contributed by atoms with Gasteiger partial charge in [0.1, 0.15) is 6.29 Å². The Morgan fingerprint density at radius 1 is 1.38 bits per heavy atom. The van der Waals surface area contributed by atoms with Crippen LogP contribution < -0.4 is 0 Å². The lowest BCUT2D eigenvalue weighted by molar-refractivity contribution is -0.107. The van der Waals surface area contributed by atoms with Crippen molar-refractivity contribution >= 4 is 6.29 Å². The van der Waals surface area contributed by atoms with Crippen molar-refractivity contribution in [2.45, 2.75) is 13.3 Å². The molecule has 0 aliphatic heterocycles. The zero-order chi connectivity index (χ0) is 6.99. The highest BCUT2D eigenvalue weighted by molar-refractivity contribution is 5.48. The molecule has 0 N–H and O–H groups in total. The number of rotatable bonds is 1. The highest BCUT2D eigenvalue weighted by Crippen LogP contribution is 1.53. The van der Waals surface area contributed by atoms with Gasteiger partial charge >= 0.3 is 0 Å². The average Bonchev–Trinajstić information content (AvgIpc) is 1.65. The Morgan fingerprint density at radius 2 is 1.50 bits per heavy atom. The Hall–Kier alpha value is -0.370. The van der Waals surface area contributed by atoms with Gasteiger partial charge in [0, 0.05) is 6.42 Å². The number of hydrogen-bond acceptors (Lipinski definition) is 2. The second-order valence-corrected chi connectivity index (χ2v) is 1.92. The minimum absolute atomic E-state index is 0.639. The molecule has 0 bridgehead atoms. The van der Waals surface area contributed by atoms with E-state index in [1.54, 1.807) is 0 Å². The summed E-state index contributed by atoms with van der Waals surface area (Å²) in [6.45, 7) is 1.81. The van der Waals surface area contributed by atoms with Crippen LogP contribution in [0.3, 0.4) is 0 Å². The van der Waals surface area contributed by atoms with Gasteiger partial charge in [0.25, 0.3) is 0 Å². The van der Waals surface area contributed by atoms with Gasteiger partial charge in [0.15, 0.2) is 0 Å². The van der Waals surface area contributed by atoms with Crippen LogP contribution in [0.25, 0.3) is 0 Å². The summed E-state index contributed by atoms with van der Waals surface area (Å²) in [5.41, 5.74) is 0. The van der Waals surface area contributed by atoms with Gasteiger partial charge in [-0.3, -0.25) is 0 Å². The fourth-order valence-electron chi connectivity index (χ4n) is 0. The third-order valence-corrected chi connectivity index (χ3v) is 0.167. The van der Waals surface area contributed by atoms with Crippen LogP contribution in [-0.4, -0.2) is 32.3 Å². The van der Waals surface area contributed by atoms with E-state index < -0.39 is 0 Å². The lowest BCUT2D eigenvalue weighted by Crippen LogP contribution is -1.99. The standard InChI is InChI=1S/C3H9N.C3H6O/c1-4(2)3;1-2-3-4/h1-3H3;3H,2H2,1H3. The van der Waals surface area contributed by atoms with E-state index >= 15 is 0 Å². The minimum Gasteiger partial charge on any atom is -0.312 e. The largest absolute Gasteiger partial charge is 0.312 e. The summed E-state index contributed by atoms with van der Waals surface area (Å²) >= 11 is 0. The van der Waals surface area contributed by atoms with Gasteiger partial charge in [-0.15, -0.1) is 0 Å². The third-order valence-electron chi connectivity index (χ3n) is 0.167. The van der Waals surface area contributed by atoms with Crippen molar-refractivity contribution in [3.8, 4) is 0 Å². The van der Waals surface area contributed by atoms with Crippen molar-refractivity contribution < 1.29 is 4.79 Å². The molecule has 0 fully saturated rings.